The second-order valence-electron chi connectivity index (χ2n) is 6.36. The summed E-state index contributed by atoms with van der Waals surface area (Å²) < 4.78 is 0. The van der Waals surface area contributed by atoms with Crippen molar-refractivity contribution in [3.63, 3.8) is 0 Å². The van der Waals surface area contributed by atoms with Crippen molar-refractivity contribution in [2.24, 2.45) is 11.8 Å². The van der Waals surface area contributed by atoms with E-state index in [-0.39, 0.29) is 0 Å². The number of hydrogen-bond acceptors (Lipinski definition) is 1. The Bertz CT molecular complexity index is 178. The molecule has 0 heterocycles. The van der Waals surface area contributed by atoms with Gasteiger partial charge in [0.25, 0.3) is 0 Å². The summed E-state index contributed by atoms with van der Waals surface area (Å²) >= 11 is 0. The van der Waals surface area contributed by atoms with Gasteiger partial charge in [0.15, 0.2) is 0 Å². The molecule has 0 aromatic rings. The highest BCUT2D eigenvalue weighted by Gasteiger charge is 2.31. The van der Waals surface area contributed by atoms with Gasteiger partial charge in [-0.05, 0) is 37.8 Å². The molecule has 1 aliphatic carbocycles. The first-order valence-corrected chi connectivity index (χ1v) is 8.55. The molecule has 18 heavy (non-hydrogen) atoms. The van der Waals surface area contributed by atoms with Gasteiger partial charge in [-0.1, -0.05) is 71.6 Å². The molecule has 1 fully saturated rings. The zero-order chi connectivity index (χ0) is 13.1. The van der Waals surface area contributed by atoms with E-state index < -0.39 is 0 Å². The quantitative estimate of drug-likeness (QED) is 0.447. The van der Waals surface area contributed by atoms with Crippen LogP contribution in [0.4, 0.5) is 0 Å². The SMILES string of the molecule is CCCCCCCCCCCCNCC1CC1C. The summed E-state index contributed by atoms with van der Waals surface area (Å²) in [5.41, 5.74) is 0. The average Bonchev–Trinajstić information content (AvgIpc) is 3.07. The molecule has 0 radical (unpaired) electrons. The lowest BCUT2D eigenvalue weighted by Crippen LogP contribution is -2.18. The Labute approximate surface area is 115 Å². The van der Waals surface area contributed by atoms with Crippen LogP contribution in [0.25, 0.3) is 0 Å². The summed E-state index contributed by atoms with van der Waals surface area (Å²) in [6.45, 7) is 7.18. The Kier molecular flexibility index (Phi) is 9.65. The van der Waals surface area contributed by atoms with Crippen molar-refractivity contribution < 1.29 is 0 Å². The second-order valence-corrected chi connectivity index (χ2v) is 6.36. The van der Waals surface area contributed by atoms with Gasteiger partial charge in [0, 0.05) is 0 Å². The van der Waals surface area contributed by atoms with Crippen LogP contribution in [-0.4, -0.2) is 13.1 Å². The molecule has 1 N–H and O–H groups in total. The number of rotatable bonds is 13. The number of hydrogen-bond donors (Lipinski definition) is 1. The van der Waals surface area contributed by atoms with Crippen LogP contribution in [0.3, 0.4) is 0 Å². The average molecular weight is 253 g/mol. The van der Waals surface area contributed by atoms with Gasteiger partial charge in [-0.25, -0.2) is 0 Å². The Morgan fingerprint density at radius 1 is 0.833 bits per heavy atom. The molecule has 1 heteroatoms. The molecule has 1 saturated carbocycles. The molecule has 0 aromatic heterocycles. The molecule has 1 rings (SSSR count). The van der Waals surface area contributed by atoms with Crippen LogP contribution in [0.15, 0.2) is 0 Å². The van der Waals surface area contributed by atoms with E-state index in [2.05, 4.69) is 19.2 Å². The smallest absolute Gasteiger partial charge is 0.00179 e. The summed E-state index contributed by atoms with van der Waals surface area (Å²) in [6.07, 6.45) is 15.9. The lowest BCUT2D eigenvalue weighted by Gasteiger charge is -2.04. The Morgan fingerprint density at radius 2 is 1.33 bits per heavy atom. The molecule has 0 amide bonds. The maximum Gasteiger partial charge on any atom is -0.00179 e. The number of unbranched alkanes of at least 4 members (excludes halogenated alkanes) is 9. The molecule has 2 atom stereocenters. The van der Waals surface area contributed by atoms with E-state index in [1.54, 1.807) is 0 Å². The van der Waals surface area contributed by atoms with Gasteiger partial charge < -0.3 is 5.32 Å². The van der Waals surface area contributed by atoms with Crippen molar-refractivity contribution in [3.8, 4) is 0 Å². The lowest BCUT2D eigenvalue weighted by molar-refractivity contribution is 0.535. The predicted octanol–water partition coefficient (Wildman–Crippen LogP) is 5.15. The third-order valence-electron chi connectivity index (χ3n) is 4.39. The van der Waals surface area contributed by atoms with Crippen molar-refractivity contribution in [1.29, 1.82) is 0 Å². The first kappa shape index (κ1) is 16.0. The zero-order valence-corrected chi connectivity index (χ0v) is 12.8. The van der Waals surface area contributed by atoms with Crippen molar-refractivity contribution in [3.05, 3.63) is 0 Å². The van der Waals surface area contributed by atoms with Gasteiger partial charge >= 0.3 is 0 Å². The summed E-state index contributed by atoms with van der Waals surface area (Å²) in [6, 6.07) is 0. The third-order valence-corrected chi connectivity index (χ3v) is 4.39. The summed E-state index contributed by atoms with van der Waals surface area (Å²) in [4.78, 5) is 0. The van der Waals surface area contributed by atoms with Crippen LogP contribution in [0.2, 0.25) is 0 Å². The van der Waals surface area contributed by atoms with Gasteiger partial charge in [0.1, 0.15) is 0 Å². The maximum atomic E-state index is 3.60. The fourth-order valence-corrected chi connectivity index (χ4v) is 2.71. The highest BCUT2D eigenvalue weighted by molar-refractivity contribution is 4.83. The van der Waals surface area contributed by atoms with Crippen molar-refractivity contribution in [2.75, 3.05) is 13.1 Å². The highest BCUT2D eigenvalue weighted by atomic mass is 14.9. The van der Waals surface area contributed by atoms with Crippen molar-refractivity contribution in [1.82, 2.24) is 5.32 Å². The molecule has 0 saturated heterocycles. The Balaban J connectivity index is 1.63. The molecular weight excluding hydrogens is 218 g/mol. The van der Waals surface area contributed by atoms with E-state index in [1.807, 2.05) is 0 Å². The summed E-state index contributed by atoms with van der Waals surface area (Å²) in [5, 5.41) is 3.60. The van der Waals surface area contributed by atoms with Crippen LogP contribution < -0.4 is 5.32 Å². The minimum atomic E-state index is 1.00. The van der Waals surface area contributed by atoms with Gasteiger partial charge in [-0.15, -0.1) is 0 Å². The minimum absolute atomic E-state index is 1.00. The van der Waals surface area contributed by atoms with Crippen LogP contribution in [0, 0.1) is 11.8 Å². The molecular formula is C17H35N. The van der Waals surface area contributed by atoms with Gasteiger partial charge in [-0.3, -0.25) is 0 Å². The molecule has 1 aliphatic rings. The first-order valence-electron chi connectivity index (χ1n) is 8.55. The first-order chi connectivity index (χ1) is 8.84. The molecule has 108 valence electrons. The minimum Gasteiger partial charge on any atom is -0.316 e. The lowest BCUT2D eigenvalue weighted by atomic mass is 10.1. The Hall–Kier alpha value is -0.0400. The van der Waals surface area contributed by atoms with E-state index in [9.17, 15) is 0 Å². The molecule has 0 aromatic carbocycles. The summed E-state index contributed by atoms with van der Waals surface area (Å²) in [7, 11) is 0. The van der Waals surface area contributed by atoms with Crippen LogP contribution in [0.1, 0.15) is 84.5 Å². The van der Waals surface area contributed by atoms with E-state index >= 15 is 0 Å². The molecule has 0 bridgehead atoms. The van der Waals surface area contributed by atoms with Gasteiger partial charge in [0.2, 0.25) is 0 Å². The largest absolute Gasteiger partial charge is 0.316 e. The number of nitrogens with one attached hydrogen (secondary N) is 1. The third kappa shape index (κ3) is 8.97. The maximum absolute atomic E-state index is 3.60. The standard InChI is InChI=1S/C17H35N/c1-3-4-5-6-7-8-9-10-11-12-13-18-15-17-14-16(17)2/h16-18H,3-15H2,1-2H3. The summed E-state index contributed by atoms with van der Waals surface area (Å²) in [5.74, 6) is 2.01. The van der Waals surface area contributed by atoms with E-state index in [1.165, 1.54) is 83.7 Å². The topological polar surface area (TPSA) is 12.0 Å². The fraction of sp³-hybridized carbons (Fsp3) is 1.00. The second kappa shape index (κ2) is 10.8. The molecule has 0 aliphatic heterocycles. The zero-order valence-electron chi connectivity index (χ0n) is 12.8. The molecule has 1 nitrogen and oxygen atoms in total. The predicted molar refractivity (Wildman–Crippen MR) is 82.0 cm³/mol. The highest BCUT2D eigenvalue weighted by Crippen LogP contribution is 2.36. The van der Waals surface area contributed by atoms with Gasteiger partial charge in [0.05, 0.1) is 0 Å². The van der Waals surface area contributed by atoms with E-state index in [0.29, 0.717) is 0 Å². The normalized spacial score (nSPS) is 22.3. The molecule has 2 unspecified atom stereocenters. The van der Waals surface area contributed by atoms with E-state index in [4.69, 9.17) is 0 Å². The van der Waals surface area contributed by atoms with Gasteiger partial charge in [-0.2, -0.15) is 0 Å². The van der Waals surface area contributed by atoms with Crippen molar-refractivity contribution in [2.45, 2.75) is 84.5 Å². The molecule has 0 spiro atoms. The van der Waals surface area contributed by atoms with Crippen molar-refractivity contribution >= 4 is 0 Å². The van der Waals surface area contributed by atoms with E-state index in [0.717, 1.165) is 11.8 Å². The fourth-order valence-electron chi connectivity index (χ4n) is 2.71. The van der Waals surface area contributed by atoms with Crippen LogP contribution in [-0.2, 0) is 0 Å². The Morgan fingerprint density at radius 3 is 1.83 bits per heavy atom. The van der Waals surface area contributed by atoms with Crippen LogP contribution in [0.5, 0.6) is 0 Å². The monoisotopic (exact) mass is 253 g/mol. The van der Waals surface area contributed by atoms with Crippen LogP contribution >= 0.6 is 0 Å².